The molecule has 94 valence electrons. The molecule has 1 aliphatic carbocycles. The number of rotatable bonds is 8. The normalized spacial score (nSPS) is 27.2. The highest BCUT2D eigenvalue weighted by molar-refractivity contribution is 4.82. The monoisotopic (exact) mass is 227 g/mol. The van der Waals surface area contributed by atoms with E-state index >= 15 is 0 Å². The lowest BCUT2D eigenvalue weighted by atomic mass is 10.2. The first-order valence-corrected chi connectivity index (χ1v) is 6.85. The molecule has 16 heavy (non-hydrogen) atoms. The van der Waals surface area contributed by atoms with Crippen molar-refractivity contribution < 1.29 is 9.47 Å². The van der Waals surface area contributed by atoms with E-state index in [1.54, 1.807) is 0 Å². The van der Waals surface area contributed by atoms with Gasteiger partial charge >= 0.3 is 0 Å². The largest absolute Gasteiger partial charge is 0.376 e. The quantitative estimate of drug-likeness (QED) is 0.689. The van der Waals surface area contributed by atoms with Crippen molar-refractivity contribution in [2.24, 2.45) is 0 Å². The molecule has 2 fully saturated rings. The van der Waals surface area contributed by atoms with E-state index < -0.39 is 0 Å². The van der Waals surface area contributed by atoms with E-state index in [0.717, 1.165) is 32.2 Å². The second-order valence-corrected chi connectivity index (χ2v) is 5.06. The van der Waals surface area contributed by atoms with Crippen molar-refractivity contribution in [1.29, 1.82) is 0 Å². The van der Waals surface area contributed by atoms with Crippen molar-refractivity contribution in [3.05, 3.63) is 0 Å². The zero-order valence-corrected chi connectivity index (χ0v) is 10.4. The maximum Gasteiger partial charge on any atom is 0.0809 e. The van der Waals surface area contributed by atoms with Gasteiger partial charge in [-0.15, -0.1) is 0 Å². The van der Waals surface area contributed by atoms with E-state index in [1.807, 2.05) is 0 Å². The number of hydrogen-bond donors (Lipinski definition) is 1. The molecule has 1 saturated heterocycles. The first-order valence-electron chi connectivity index (χ1n) is 6.85. The van der Waals surface area contributed by atoms with Crippen LogP contribution in [0.2, 0.25) is 0 Å². The summed E-state index contributed by atoms with van der Waals surface area (Å²) in [6, 6.07) is 0.783. The lowest BCUT2D eigenvalue weighted by Crippen LogP contribution is -2.32. The van der Waals surface area contributed by atoms with Crippen molar-refractivity contribution in [2.45, 2.75) is 63.7 Å². The maximum atomic E-state index is 5.96. The van der Waals surface area contributed by atoms with Gasteiger partial charge in [-0.3, -0.25) is 0 Å². The second kappa shape index (κ2) is 6.58. The molecule has 2 aliphatic rings. The predicted molar refractivity (Wildman–Crippen MR) is 64.6 cm³/mol. The van der Waals surface area contributed by atoms with Crippen LogP contribution in [0.3, 0.4) is 0 Å². The Balaban J connectivity index is 1.59. The van der Waals surface area contributed by atoms with Gasteiger partial charge in [0.2, 0.25) is 0 Å². The molecule has 2 atom stereocenters. The molecule has 1 N–H and O–H groups in total. The topological polar surface area (TPSA) is 30.5 Å². The minimum atomic E-state index is 0.361. The first kappa shape index (κ1) is 12.3. The number of ether oxygens (including phenoxy) is 2. The smallest absolute Gasteiger partial charge is 0.0809 e. The molecule has 2 unspecified atom stereocenters. The summed E-state index contributed by atoms with van der Waals surface area (Å²) in [5.41, 5.74) is 0. The number of nitrogens with one attached hydrogen (secondary N) is 1. The first-order chi connectivity index (χ1) is 7.88. The van der Waals surface area contributed by atoms with Gasteiger partial charge in [-0.05, 0) is 32.1 Å². The van der Waals surface area contributed by atoms with Gasteiger partial charge in [0.1, 0.15) is 0 Å². The Morgan fingerprint density at radius 3 is 2.88 bits per heavy atom. The molecule has 3 nitrogen and oxygen atoms in total. The summed E-state index contributed by atoms with van der Waals surface area (Å²) < 4.78 is 11.5. The van der Waals surface area contributed by atoms with E-state index in [-0.39, 0.29) is 0 Å². The van der Waals surface area contributed by atoms with Gasteiger partial charge in [-0.2, -0.15) is 0 Å². The molecule has 0 radical (unpaired) electrons. The Hall–Kier alpha value is -0.120. The molecule has 0 bridgehead atoms. The Kier molecular flexibility index (Phi) is 5.07. The maximum absolute atomic E-state index is 5.96. The standard InChI is InChI=1S/C13H25NO2/c1-2-4-12(9-14-11-6-7-11)16-10-13-5-3-8-15-13/h11-14H,2-10H2,1H3. The molecule has 0 aromatic rings. The SMILES string of the molecule is CCCC(CNC1CC1)OCC1CCCO1. The van der Waals surface area contributed by atoms with E-state index in [2.05, 4.69) is 12.2 Å². The average Bonchev–Trinajstić information content (AvgIpc) is 2.97. The summed E-state index contributed by atoms with van der Waals surface area (Å²) in [4.78, 5) is 0. The lowest BCUT2D eigenvalue weighted by molar-refractivity contribution is -0.0227. The summed E-state index contributed by atoms with van der Waals surface area (Å²) >= 11 is 0. The third kappa shape index (κ3) is 4.40. The van der Waals surface area contributed by atoms with E-state index in [1.165, 1.54) is 32.1 Å². The molecule has 1 heterocycles. The van der Waals surface area contributed by atoms with E-state index in [0.29, 0.717) is 12.2 Å². The molecule has 2 rings (SSSR count). The van der Waals surface area contributed by atoms with Crippen molar-refractivity contribution in [3.63, 3.8) is 0 Å². The van der Waals surface area contributed by atoms with E-state index in [9.17, 15) is 0 Å². The highest BCUT2D eigenvalue weighted by Crippen LogP contribution is 2.19. The third-order valence-corrected chi connectivity index (χ3v) is 3.36. The number of hydrogen-bond acceptors (Lipinski definition) is 3. The van der Waals surface area contributed by atoms with Crippen LogP contribution in [-0.4, -0.2) is 38.0 Å². The van der Waals surface area contributed by atoms with E-state index in [4.69, 9.17) is 9.47 Å². The zero-order chi connectivity index (χ0) is 11.2. The summed E-state index contributed by atoms with van der Waals surface area (Å²) in [5, 5.41) is 3.55. The van der Waals surface area contributed by atoms with Gasteiger partial charge in [0.15, 0.2) is 0 Å². The third-order valence-electron chi connectivity index (χ3n) is 3.36. The van der Waals surface area contributed by atoms with Gasteiger partial charge in [0, 0.05) is 19.2 Å². The zero-order valence-electron chi connectivity index (χ0n) is 10.4. The van der Waals surface area contributed by atoms with Crippen molar-refractivity contribution >= 4 is 0 Å². The van der Waals surface area contributed by atoms with Crippen LogP contribution in [-0.2, 0) is 9.47 Å². The van der Waals surface area contributed by atoms with Crippen LogP contribution >= 0.6 is 0 Å². The van der Waals surface area contributed by atoms with Crippen LogP contribution in [0.25, 0.3) is 0 Å². The van der Waals surface area contributed by atoms with Crippen LogP contribution in [0.4, 0.5) is 0 Å². The summed E-state index contributed by atoms with van der Waals surface area (Å²) in [6.45, 7) is 4.95. The molecule has 1 saturated carbocycles. The Morgan fingerprint density at radius 1 is 1.38 bits per heavy atom. The summed E-state index contributed by atoms with van der Waals surface area (Å²) in [7, 11) is 0. The molecular weight excluding hydrogens is 202 g/mol. The van der Waals surface area contributed by atoms with Crippen molar-refractivity contribution in [1.82, 2.24) is 5.32 Å². The minimum Gasteiger partial charge on any atom is -0.376 e. The van der Waals surface area contributed by atoms with Gasteiger partial charge in [-0.25, -0.2) is 0 Å². The lowest BCUT2D eigenvalue weighted by Gasteiger charge is -2.20. The fourth-order valence-corrected chi connectivity index (χ4v) is 2.17. The molecule has 3 heteroatoms. The molecule has 0 aromatic heterocycles. The van der Waals surface area contributed by atoms with Crippen LogP contribution in [0.5, 0.6) is 0 Å². The predicted octanol–water partition coefficient (Wildman–Crippen LogP) is 2.10. The van der Waals surface area contributed by atoms with Crippen LogP contribution in [0.1, 0.15) is 45.4 Å². The molecule has 0 spiro atoms. The van der Waals surface area contributed by atoms with Crippen molar-refractivity contribution in [3.8, 4) is 0 Å². The summed E-state index contributed by atoms with van der Waals surface area (Å²) in [6.07, 6.45) is 8.18. The van der Waals surface area contributed by atoms with Gasteiger partial charge in [-0.1, -0.05) is 13.3 Å². The van der Waals surface area contributed by atoms with Crippen LogP contribution in [0, 0.1) is 0 Å². The molecular formula is C13H25NO2. The van der Waals surface area contributed by atoms with Crippen LogP contribution < -0.4 is 5.32 Å². The Labute approximate surface area is 98.9 Å². The van der Waals surface area contributed by atoms with Gasteiger partial charge < -0.3 is 14.8 Å². The van der Waals surface area contributed by atoms with Gasteiger partial charge in [0.25, 0.3) is 0 Å². The molecule has 0 amide bonds. The van der Waals surface area contributed by atoms with Gasteiger partial charge in [0.05, 0.1) is 18.8 Å². The minimum absolute atomic E-state index is 0.361. The average molecular weight is 227 g/mol. The molecule has 1 aliphatic heterocycles. The van der Waals surface area contributed by atoms with Crippen molar-refractivity contribution in [2.75, 3.05) is 19.8 Å². The Morgan fingerprint density at radius 2 is 2.25 bits per heavy atom. The fourth-order valence-electron chi connectivity index (χ4n) is 2.17. The highest BCUT2D eigenvalue weighted by atomic mass is 16.5. The molecule has 0 aromatic carbocycles. The fraction of sp³-hybridized carbons (Fsp3) is 1.00. The highest BCUT2D eigenvalue weighted by Gasteiger charge is 2.23. The second-order valence-electron chi connectivity index (χ2n) is 5.06. The summed E-state index contributed by atoms with van der Waals surface area (Å²) in [5.74, 6) is 0. The Bertz CT molecular complexity index is 188. The van der Waals surface area contributed by atoms with Crippen LogP contribution in [0.15, 0.2) is 0 Å².